The van der Waals surface area contributed by atoms with Gasteiger partial charge in [-0.15, -0.1) is 0 Å². The maximum atomic E-state index is 9.13. The highest BCUT2D eigenvalue weighted by Crippen LogP contribution is 2.26. The van der Waals surface area contributed by atoms with Gasteiger partial charge in [0.2, 0.25) is 0 Å². The van der Waals surface area contributed by atoms with Crippen molar-refractivity contribution in [3.8, 4) is 0 Å². The van der Waals surface area contributed by atoms with Crippen molar-refractivity contribution in [1.82, 2.24) is 9.97 Å². The van der Waals surface area contributed by atoms with Crippen molar-refractivity contribution in [2.45, 2.75) is 39.0 Å². The maximum Gasteiger partial charge on any atom is 0.157 e. The highest BCUT2D eigenvalue weighted by Gasteiger charge is 2.13. The predicted molar refractivity (Wildman–Crippen MR) is 91.1 cm³/mol. The SMILES string of the molecule is CCN(CCO)c1ncnc(NCCC2=CCCCC2)c1N. The van der Waals surface area contributed by atoms with Crippen molar-refractivity contribution in [2.24, 2.45) is 0 Å². The van der Waals surface area contributed by atoms with Crippen LogP contribution >= 0.6 is 0 Å². The number of nitrogens with one attached hydrogen (secondary N) is 1. The Labute approximate surface area is 132 Å². The van der Waals surface area contributed by atoms with E-state index in [1.54, 1.807) is 0 Å². The van der Waals surface area contributed by atoms with E-state index in [1.165, 1.54) is 37.6 Å². The van der Waals surface area contributed by atoms with Crippen molar-refractivity contribution < 1.29 is 5.11 Å². The van der Waals surface area contributed by atoms with Crippen LogP contribution in [0.1, 0.15) is 39.0 Å². The summed E-state index contributed by atoms with van der Waals surface area (Å²) in [7, 11) is 0. The Morgan fingerprint density at radius 3 is 2.91 bits per heavy atom. The largest absolute Gasteiger partial charge is 0.395 e. The fourth-order valence-electron chi connectivity index (χ4n) is 2.79. The molecule has 1 aliphatic carbocycles. The second-order valence-electron chi connectivity index (χ2n) is 5.55. The molecular formula is C16H27N5O. The lowest BCUT2D eigenvalue weighted by Gasteiger charge is -2.23. The van der Waals surface area contributed by atoms with Gasteiger partial charge in [-0.25, -0.2) is 9.97 Å². The summed E-state index contributed by atoms with van der Waals surface area (Å²) in [5.74, 6) is 1.36. The molecule has 0 atom stereocenters. The Balaban J connectivity index is 1.97. The molecule has 0 saturated heterocycles. The number of anilines is 3. The van der Waals surface area contributed by atoms with E-state index < -0.39 is 0 Å². The summed E-state index contributed by atoms with van der Waals surface area (Å²) >= 11 is 0. The van der Waals surface area contributed by atoms with Crippen molar-refractivity contribution in [2.75, 3.05) is 42.2 Å². The van der Waals surface area contributed by atoms with Gasteiger partial charge in [-0.05, 0) is 39.0 Å². The third-order valence-corrected chi connectivity index (χ3v) is 4.04. The first-order valence-electron chi connectivity index (χ1n) is 8.14. The summed E-state index contributed by atoms with van der Waals surface area (Å²) in [4.78, 5) is 10.4. The molecule has 1 aromatic heterocycles. The van der Waals surface area contributed by atoms with Crippen molar-refractivity contribution in [3.63, 3.8) is 0 Å². The van der Waals surface area contributed by atoms with Gasteiger partial charge in [0.1, 0.15) is 12.0 Å². The van der Waals surface area contributed by atoms with Crippen molar-refractivity contribution in [1.29, 1.82) is 0 Å². The number of aromatic nitrogens is 2. The molecule has 0 fully saturated rings. The summed E-state index contributed by atoms with van der Waals surface area (Å²) in [5, 5.41) is 12.4. The van der Waals surface area contributed by atoms with Crippen molar-refractivity contribution in [3.05, 3.63) is 18.0 Å². The first-order valence-corrected chi connectivity index (χ1v) is 8.14. The average Bonchev–Trinajstić information content (AvgIpc) is 2.55. The second-order valence-corrected chi connectivity index (χ2v) is 5.55. The molecule has 0 aromatic carbocycles. The van der Waals surface area contributed by atoms with Crippen LogP contribution in [-0.2, 0) is 0 Å². The van der Waals surface area contributed by atoms with Gasteiger partial charge in [-0.2, -0.15) is 0 Å². The minimum absolute atomic E-state index is 0.0776. The topological polar surface area (TPSA) is 87.3 Å². The molecule has 0 saturated carbocycles. The highest BCUT2D eigenvalue weighted by molar-refractivity contribution is 5.74. The molecule has 0 radical (unpaired) electrons. The maximum absolute atomic E-state index is 9.13. The molecule has 4 N–H and O–H groups in total. The second kappa shape index (κ2) is 8.58. The van der Waals surface area contributed by atoms with Crippen LogP contribution in [0.5, 0.6) is 0 Å². The highest BCUT2D eigenvalue weighted by atomic mass is 16.3. The Morgan fingerprint density at radius 1 is 1.36 bits per heavy atom. The fraction of sp³-hybridized carbons (Fsp3) is 0.625. The zero-order valence-corrected chi connectivity index (χ0v) is 13.4. The van der Waals surface area contributed by atoms with Gasteiger partial charge in [-0.1, -0.05) is 11.6 Å². The van der Waals surface area contributed by atoms with Gasteiger partial charge in [-0.3, -0.25) is 0 Å². The molecule has 0 spiro atoms. The van der Waals surface area contributed by atoms with Crippen LogP contribution < -0.4 is 16.0 Å². The molecule has 0 bridgehead atoms. The average molecular weight is 305 g/mol. The lowest BCUT2D eigenvalue weighted by atomic mass is 9.97. The Morgan fingerprint density at radius 2 is 2.23 bits per heavy atom. The summed E-state index contributed by atoms with van der Waals surface area (Å²) in [6.07, 6.45) is 9.96. The zero-order chi connectivity index (χ0) is 15.8. The first kappa shape index (κ1) is 16.5. The summed E-state index contributed by atoms with van der Waals surface area (Å²) in [6, 6.07) is 0. The third kappa shape index (κ3) is 4.34. The molecule has 22 heavy (non-hydrogen) atoms. The molecule has 0 unspecified atom stereocenters. The van der Waals surface area contributed by atoms with Gasteiger partial charge in [0.05, 0.1) is 6.61 Å². The number of aliphatic hydroxyl groups is 1. The monoisotopic (exact) mass is 305 g/mol. The normalized spacial score (nSPS) is 14.5. The first-order chi connectivity index (χ1) is 10.8. The van der Waals surface area contributed by atoms with E-state index >= 15 is 0 Å². The number of hydrogen-bond donors (Lipinski definition) is 3. The van der Waals surface area contributed by atoms with Crippen LogP contribution in [0, 0.1) is 0 Å². The third-order valence-electron chi connectivity index (χ3n) is 4.04. The Kier molecular flexibility index (Phi) is 6.45. The van der Waals surface area contributed by atoms with E-state index in [1.807, 2.05) is 11.8 Å². The van der Waals surface area contributed by atoms with Gasteiger partial charge >= 0.3 is 0 Å². The molecule has 6 heteroatoms. The van der Waals surface area contributed by atoms with E-state index in [-0.39, 0.29) is 6.61 Å². The quantitative estimate of drug-likeness (QED) is 0.638. The van der Waals surface area contributed by atoms with Gasteiger partial charge in [0, 0.05) is 19.6 Å². The molecule has 6 nitrogen and oxygen atoms in total. The number of allylic oxidation sites excluding steroid dienone is 1. The minimum atomic E-state index is 0.0776. The van der Waals surface area contributed by atoms with E-state index in [0.29, 0.717) is 23.9 Å². The van der Waals surface area contributed by atoms with E-state index in [0.717, 1.165) is 19.5 Å². The Bertz CT molecular complexity index is 503. The van der Waals surface area contributed by atoms with Crippen molar-refractivity contribution >= 4 is 17.3 Å². The summed E-state index contributed by atoms with van der Waals surface area (Å²) in [6.45, 7) is 4.19. The smallest absolute Gasteiger partial charge is 0.157 e. The lowest BCUT2D eigenvalue weighted by Crippen LogP contribution is -2.28. The standard InChI is InChI=1S/C16H27N5O/c1-2-21(10-11-22)16-14(17)15(19-12-20-16)18-9-8-13-6-4-3-5-7-13/h6,12,22H,2-5,7-11,17H2,1H3,(H,18,19,20). The number of likely N-dealkylation sites (N-methyl/N-ethyl adjacent to an activating group) is 1. The molecule has 1 heterocycles. The van der Waals surface area contributed by atoms with E-state index in [9.17, 15) is 0 Å². The van der Waals surface area contributed by atoms with Gasteiger partial charge in [0.25, 0.3) is 0 Å². The number of nitrogens with two attached hydrogens (primary N) is 1. The number of hydrogen-bond acceptors (Lipinski definition) is 6. The van der Waals surface area contributed by atoms with Crippen LogP contribution in [0.3, 0.4) is 0 Å². The van der Waals surface area contributed by atoms with Crippen LogP contribution in [-0.4, -0.2) is 41.3 Å². The fourth-order valence-corrected chi connectivity index (χ4v) is 2.79. The summed E-state index contributed by atoms with van der Waals surface area (Å²) < 4.78 is 0. The summed E-state index contributed by atoms with van der Waals surface area (Å²) in [5.41, 5.74) is 8.26. The molecule has 0 aliphatic heterocycles. The number of nitrogens with zero attached hydrogens (tertiary/aromatic N) is 3. The molecule has 1 aliphatic rings. The Hall–Kier alpha value is -1.82. The van der Waals surface area contributed by atoms with Crippen LogP contribution in [0.4, 0.5) is 17.3 Å². The number of rotatable bonds is 8. The zero-order valence-electron chi connectivity index (χ0n) is 13.4. The van der Waals surface area contributed by atoms with E-state index in [4.69, 9.17) is 10.8 Å². The van der Waals surface area contributed by atoms with Crippen LogP contribution in [0.25, 0.3) is 0 Å². The predicted octanol–water partition coefficient (Wildman–Crippen LogP) is 2.18. The van der Waals surface area contributed by atoms with E-state index in [2.05, 4.69) is 21.4 Å². The number of nitrogen functional groups attached to an aromatic ring is 1. The number of aliphatic hydroxyl groups excluding tert-OH is 1. The molecule has 2 rings (SSSR count). The molecule has 0 amide bonds. The van der Waals surface area contributed by atoms with Crippen LogP contribution in [0.2, 0.25) is 0 Å². The van der Waals surface area contributed by atoms with Crippen LogP contribution in [0.15, 0.2) is 18.0 Å². The molecule has 122 valence electrons. The van der Waals surface area contributed by atoms with Gasteiger partial charge < -0.3 is 21.1 Å². The van der Waals surface area contributed by atoms with Gasteiger partial charge in [0.15, 0.2) is 11.6 Å². The molecular weight excluding hydrogens is 278 g/mol. The molecule has 1 aromatic rings. The lowest BCUT2D eigenvalue weighted by molar-refractivity contribution is 0.302. The minimum Gasteiger partial charge on any atom is -0.395 e.